The van der Waals surface area contributed by atoms with Crippen LogP contribution in [0.5, 0.6) is 11.5 Å². The van der Waals surface area contributed by atoms with Crippen LogP contribution in [0.15, 0.2) is 66.7 Å². The summed E-state index contributed by atoms with van der Waals surface area (Å²) in [4.78, 5) is 24.6. The van der Waals surface area contributed by atoms with Crippen molar-refractivity contribution in [2.45, 2.75) is 6.17 Å². The van der Waals surface area contributed by atoms with Gasteiger partial charge in [0.1, 0.15) is 12.0 Å². The lowest BCUT2D eigenvalue weighted by Gasteiger charge is -2.28. The maximum absolute atomic E-state index is 13.8. The molecule has 1 unspecified atom stereocenters. The minimum atomic E-state index is -0.827. The number of carbonyl (C=O) groups is 2. The second kappa shape index (κ2) is 7.63. The Morgan fingerprint density at radius 1 is 0.966 bits per heavy atom. The standard InChI is InChI=1S/C22H17FN2O4/c1-28-19-12-13(20-24-17-9-5-3-7-15(17)21(26)25-20)10-11-18(19)29-22(27)14-6-2-4-8-16(14)23/h2-12,20,24H,1H3,(H,25,26). The maximum atomic E-state index is 13.8. The van der Waals surface area contributed by atoms with Gasteiger partial charge in [-0.25, -0.2) is 9.18 Å². The van der Waals surface area contributed by atoms with Crippen molar-refractivity contribution in [2.24, 2.45) is 0 Å². The number of halogens is 1. The van der Waals surface area contributed by atoms with Gasteiger partial charge in [-0.15, -0.1) is 0 Å². The number of methoxy groups -OCH3 is 1. The number of amides is 1. The third-order valence-electron chi connectivity index (χ3n) is 4.56. The zero-order valence-electron chi connectivity index (χ0n) is 15.4. The molecule has 0 spiro atoms. The third kappa shape index (κ3) is 3.62. The maximum Gasteiger partial charge on any atom is 0.346 e. The monoisotopic (exact) mass is 392 g/mol. The summed E-state index contributed by atoms with van der Waals surface area (Å²) in [5, 5.41) is 6.11. The van der Waals surface area contributed by atoms with E-state index in [4.69, 9.17) is 9.47 Å². The molecule has 3 aromatic carbocycles. The van der Waals surface area contributed by atoms with Crippen molar-refractivity contribution in [1.29, 1.82) is 0 Å². The molecule has 1 aliphatic rings. The number of anilines is 1. The van der Waals surface area contributed by atoms with Crippen molar-refractivity contribution in [1.82, 2.24) is 5.32 Å². The highest BCUT2D eigenvalue weighted by Gasteiger charge is 2.25. The zero-order valence-corrected chi connectivity index (χ0v) is 15.4. The van der Waals surface area contributed by atoms with Crippen LogP contribution in [0.3, 0.4) is 0 Å². The molecule has 1 atom stereocenters. The van der Waals surface area contributed by atoms with Crippen molar-refractivity contribution in [3.05, 3.63) is 89.2 Å². The van der Waals surface area contributed by atoms with Crippen LogP contribution >= 0.6 is 0 Å². The van der Waals surface area contributed by atoms with Crippen LogP contribution in [0.2, 0.25) is 0 Å². The van der Waals surface area contributed by atoms with Crippen LogP contribution in [0, 0.1) is 5.82 Å². The smallest absolute Gasteiger partial charge is 0.346 e. The van der Waals surface area contributed by atoms with Crippen LogP contribution in [-0.2, 0) is 0 Å². The highest BCUT2D eigenvalue weighted by molar-refractivity contribution is 6.01. The first-order chi connectivity index (χ1) is 14.1. The molecule has 3 aromatic rings. The van der Waals surface area contributed by atoms with Crippen LogP contribution in [-0.4, -0.2) is 19.0 Å². The van der Waals surface area contributed by atoms with E-state index in [1.165, 1.54) is 25.3 Å². The Morgan fingerprint density at radius 2 is 1.72 bits per heavy atom. The van der Waals surface area contributed by atoms with E-state index in [1.807, 2.05) is 12.1 Å². The highest BCUT2D eigenvalue weighted by atomic mass is 19.1. The molecule has 0 aliphatic carbocycles. The number of para-hydroxylation sites is 1. The van der Waals surface area contributed by atoms with Gasteiger partial charge >= 0.3 is 5.97 Å². The highest BCUT2D eigenvalue weighted by Crippen LogP contribution is 2.33. The largest absolute Gasteiger partial charge is 0.493 e. The van der Waals surface area contributed by atoms with Gasteiger partial charge in [0.05, 0.1) is 18.2 Å². The summed E-state index contributed by atoms with van der Waals surface area (Å²) >= 11 is 0. The zero-order chi connectivity index (χ0) is 20.4. The fourth-order valence-electron chi connectivity index (χ4n) is 3.10. The molecule has 1 heterocycles. The van der Waals surface area contributed by atoms with Crippen LogP contribution in [0.25, 0.3) is 0 Å². The summed E-state index contributed by atoms with van der Waals surface area (Å²) in [7, 11) is 1.43. The summed E-state index contributed by atoms with van der Waals surface area (Å²) in [6.45, 7) is 0. The molecule has 1 aliphatic heterocycles. The molecule has 29 heavy (non-hydrogen) atoms. The average molecular weight is 392 g/mol. The molecule has 0 aromatic heterocycles. The molecule has 0 saturated carbocycles. The number of nitrogens with one attached hydrogen (secondary N) is 2. The van der Waals surface area contributed by atoms with Crippen molar-refractivity contribution >= 4 is 17.6 Å². The van der Waals surface area contributed by atoms with Gasteiger partial charge in [0, 0.05) is 5.69 Å². The molecule has 0 fully saturated rings. The molecule has 2 N–H and O–H groups in total. The number of carbonyl (C=O) groups excluding carboxylic acids is 2. The Hall–Kier alpha value is -3.87. The quantitative estimate of drug-likeness (QED) is 0.520. The van der Waals surface area contributed by atoms with E-state index in [0.29, 0.717) is 11.1 Å². The number of esters is 1. The van der Waals surface area contributed by atoms with E-state index in [0.717, 1.165) is 5.69 Å². The number of hydrogen-bond acceptors (Lipinski definition) is 5. The summed E-state index contributed by atoms with van der Waals surface area (Å²) in [5.74, 6) is -1.26. The first-order valence-corrected chi connectivity index (χ1v) is 8.88. The summed E-state index contributed by atoms with van der Waals surface area (Å²) in [6, 6.07) is 17.7. The SMILES string of the molecule is COc1cc(C2NC(=O)c3ccccc3N2)ccc1OC(=O)c1ccccc1F. The number of ether oxygens (including phenoxy) is 2. The molecule has 7 heteroatoms. The normalized spacial score (nSPS) is 15.0. The Labute approximate surface area is 166 Å². The topological polar surface area (TPSA) is 76.7 Å². The van der Waals surface area contributed by atoms with Gasteiger partial charge in [-0.05, 0) is 42.0 Å². The molecule has 0 saturated heterocycles. The van der Waals surface area contributed by atoms with Gasteiger partial charge in [-0.1, -0.05) is 30.3 Å². The predicted octanol–water partition coefficient (Wildman–Crippen LogP) is 3.91. The van der Waals surface area contributed by atoms with Crippen molar-refractivity contribution in [3.63, 3.8) is 0 Å². The fraction of sp³-hybridized carbons (Fsp3) is 0.0909. The van der Waals surface area contributed by atoms with Gasteiger partial charge in [0.15, 0.2) is 11.5 Å². The molecule has 0 bridgehead atoms. The number of fused-ring (bicyclic) bond motifs is 1. The first kappa shape index (κ1) is 18.5. The summed E-state index contributed by atoms with van der Waals surface area (Å²) < 4.78 is 24.4. The first-order valence-electron chi connectivity index (χ1n) is 8.88. The lowest BCUT2D eigenvalue weighted by molar-refractivity contribution is 0.0724. The average Bonchev–Trinajstić information content (AvgIpc) is 2.74. The third-order valence-corrected chi connectivity index (χ3v) is 4.56. The van der Waals surface area contributed by atoms with Crippen LogP contribution in [0.1, 0.15) is 32.4 Å². The van der Waals surface area contributed by atoms with E-state index < -0.39 is 18.0 Å². The Balaban J connectivity index is 1.58. The van der Waals surface area contributed by atoms with Crippen molar-refractivity contribution in [2.75, 3.05) is 12.4 Å². The summed E-state index contributed by atoms with van der Waals surface area (Å²) in [6.07, 6.45) is -0.484. The molecular formula is C22H17FN2O4. The Bertz CT molecular complexity index is 1100. The van der Waals surface area contributed by atoms with Gasteiger partial charge in [0.2, 0.25) is 0 Å². The van der Waals surface area contributed by atoms with Crippen LogP contribution < -0.4 is 20.1 Å². The Kier molecular flexibility index (Phi) is 4.87. The van der Waals surface area contributed by atoms with Gasteiger partial charge < -0.3 is 20.1 Å². The Morgan fingerprint density at radius 3 is 2.52 bits per heavy atom. The van der Waals surface area contributed by atoms with Gasteiger partial charge in [0.25, 0.3) is 5.91 Å². The minimum absolute atomic E-state index is 0.145. The van der Waals surface area contributed by atoms with Crippen molar-refractivity contribution in [3.8, 4) is 11.5 Å². The van der Waals surface area contributed by atoms with E-state index in [1.54, 1.807) is 36.4 Å². The number of benzene rings is 3. The lowest BCUT2D eigenvalue weighted by Crippen LogP contribution is -2.38. The molecule has 6 nitrogen and oxygen atoms in total. The second-order valence-corrected chi connectivity index (χ2v) is 6.38. The predicted molar refractivity (Wildman–Crippen MR) is 105 cm³/mol. The van der Waals surface area contributed by atoms with E-state index in [9.17, 15) is 14.0 Å². The number of rotatable bonds is 4. The second-order valence-electron chi connectivity index (χ2n) is 6.38. The van der Waals surface area contributed by atoms with Crippen molar-refractivity contribution < 1.29 is 23.5 Å². The van der Waals surface area contributed by atoms with E-state index >= 15 is 0 Å². The molecule has 4 rings (SSSR count). The minimum Gasteiger partial charge on any atom is -0.493 e. The molecule has 146 valence electrons. The van der Waals surface area contributed by atoms with Gasteiger partial charge in [-0.3, -0.25) is 4.79 Å². The molecule has 0 radical (unpaired) electrons. The van der Waals surface area contributed by atoms with E-state index in [-0.39, 0.29) is 23.0 Å². The number of hydrogen-bond donors (Lipinski definition) is 2. The molecule has 1 amide bonds. The summed E-state index contributed by atoms with van der Waals surface area (Å²) in [5.41, 5.74) is 1.81. The van der Waals surface area contributed by atoms with E-state index in [2.05, 4.69) is 10.6 Å². The molecular weight excluding hydrogens is 375 g/mol. The van der Waals surface area contributed by atoms with Crippen LogP contribution in [0.4, 0.5) is 10.1 Å². The lowest BCUT2D eigenvalue weighted by atomic mass is 10.1. The fourth-order valence-corrected chi connectivity index (χ4v) is 3.10. The van der Waals surface area contributed by atoms with Gasteiger partial charge in [-0.2, -0.15) is 0 Å².